The number of amides is 1. The lowest BCUT2D eigenvalue weighted by Crippen LogP contribution is -2.38. The number of hydrogen-bond acceptors (Lipinski definition) is 4. The molecule has 1 aromatic carbocycles. The smallest absolute Gasteiger partial charge is 0.267 e. The summed E-state index contributed by atoms with van der Waals surface area (Å²) in [4.78, 5) is 18.1. The zero-order valence-electron chi connectivity index (χ0n) is 16.1. The van der Waals surface area contributed by atoms with Crippen molar-refractivity contribution in [2.45, 2.75) is 38.1 Å². The van der Waals surface area contributed by atoms with Crippen LogP contribution in [0.3, 0.4) is 0 Å². The van der Waals surface area contributed by atoms with Crippen LogP contribution >= 0.6 is 11.6 Å². The fraction of sp³-hybridized carbons (Fsp3) is 0.571. The third-order valence-corrected chi connectivity index (χ3v) is 5.94. The number of nitrogens with zero attached hydrogens (tertiary/aromatic N) is 1. The van der Waals surface area contributed by atoms with Gasteiger partial charge in [-0.1, -0.05) is 30.9 Å². The summed E-state index contributed by atoms with van der Waals surface area (Å²) in [6.45, 7) is 4.91. The van der Waals surface area contributed by atoms with E-state index < -0.39 is 0 Å². The number of rotatable bonds is 6. The molecule has 0 radical (unpaired) electrons. The lowest BCUT2D eigenvalue weighted by atomic mass is 9.95. The molecular formula is C21H28ClN3O3. The van der Waals surface area contributed by atoms with Gasteiger partial charge in [-0.3, -0.25) is 9.69 Å². The Bertz CT molecular complexity index is 811. The molecule has 4 rings (SSSR count). The monoisotopic (exact) mass is 405 g/mol. The molecule has 1 aliphatic heterocycles. The zero-order chi connectivity index (χ0) is 19.3. The molecule has 1 amide bonds. The molecule has 7 heteroatoms. The van der Waals surface area contributed by atoms with E-state index in [0.29, 0.717) is 23.1 Å². The first-order valence-corrected chi connectivity index (χ1v) is 10.6. The Hall–Kier alpha value is -1.76. The maximum absolute atomic E-state index is 12.6. The van der Waals surface area contributed by atoms with Gasteiger partial charge in [0.2, 0.25) is 0 Å². The van der Waals surface area contributed by atoms with Gasteiger partial charge < -0.3 is 19.8 Å². The van der Waals surface area contributed by atoms with Crippen molar-refractivity contribution < 1.29 is 14.3 Å². The first kappa shape index (κ1) is 19.6. The zero-order valence-corrected chi connectivity index (χ0v) is 16.9. The summed E-state index contributed by atoms with van der Waals surface area (Å²) in [6, 6.07) is 5.84. The Morgan fingerprint density at radius 3 is 2.79 bits per heavy atom. The predicted molar refractivity (Wildman–Crippen MR) is 110 cm³/mol. The van der Waals surface area contributed by atoms with Gasteiger partial charge in [0.1, 0.15) is 18.1 Å². The van der Waals surface area contributed by atoms with E-state index in [9.17, 15) is 4.79 Å². The largest absolute Gasteiger partial charge is 0.492 e. The molecule has 2 N–H and O–H groups in total. The van der Waals surface area contributed by atoms with E-state index in [2.05, 4.69) is 15.2 Å². The van der Waals surface area contributed by atoms with Crippen LogP contribution in [0.15, 0.2) is 18.2 Å². The van der Waals surface area contributed by atoms with Gasteiger partial charge in [-0.2, -0.15) is 0 Å². The standard InChI is InChI=1S/C21H28ClN3O3/c22-18-12-16(28-11-8-25-6-9-27-10-7-25)13-19-17(18)14-20(24-19)21(26)23-15-4-2-1-3-5-15/h12-15,24H,1-11H2,(H,23,26). The van der Waals surface area contributed by atoms with Crippen LogP contribution in [0.5, 0.6) is 5.75 Å². The Labute approximate surface area is 170 Å². The second-order valence-electron chi connectivity index (χ2n) is 7.66. The summed E-state index contributed by atoms with van der Waals surface area (Å²) in [7, 11) is 0. The molecule has 2 heterocycles. The SMILES string of the molecule is O=C(NC1CCCCC1)c1cc2c(Cl)cc(OCCN3CCOCC3)cc2[nH]1. The Morgan fingerprint density at radius 2 is 2.00 bits per heavy atom. The Balaban J connectivity index is 1.39. The number of hydrogen-bond donors (Lipinski definition) is 2. The molecule has 2 aliphatic rings. The first-order valence-electron chi connectivity index (χ1n) is 10.2. The Kier molecular flexibility index (Phi) is 6.40. The van der Waals surface area contributed by atoms with E-state index in [1.807, 2.05) is 18.2 Å². The van der Waals surface area contributed by atoms with Gasteiger partial charge in [0, 0.05) is 37.1 Å². The van der Waals surface area contributed by atoms with Gasteiger partial charge in [-0.05, 0) is 25.0 Å². The van der Waals surface area contributed by atoms with E-state index in [1.165, 1.54) is 19.3 Å². The minimum absolute atomic E-state index is 0.0612. The molecule has 2 aromatic rings. The molecule has 0 spiro atoms. The summed E-state index contributed by atoms with van der Waals surface area (Å²) in [5.41, 5.74) is 1.37. The molecule has 152 valence electrons. The topological polar surface area (TPSA) is 66.6 Å². The van der Waals surface area contributed by atoms with Gasteiger partial charge in [0.15, 0.2) is 0 Å². The molecule has 28 heavy (non-hydrogen) atoms. The van der Waals surface area contributed by atoms with Crippen LogP contribution in [-0.4, -0.2) is 61.3 Å². The second-order valence-corrected chi connectivity index (χ2v) is 8.07. The number of carbonyl (C=O) groups is 1. The highest BCUT2D eigenvalue weighted by Crippen LogP contribution is 2.30. The molecule has 0 atom stereocenters. The van der Waals surface area contributed by atoms with Crippen LogP contribution in [-0.2, 0) is 4.74 Å². The fourth-order valence-corrected chi connectivity index (χ4v) is 4.27. The lowest BCUT2D eigenvalue weighted by Gasteiger charge is -2.26. The summed E-state index contributed by atoms with van der Waals surface area (Å²) < 4.78 is 11.3. The molecule has 2 fully saturated rings. The van der Waals surface area contributed by atoms with Crippen molar-refractivity contribution in [3.8, 4) is 5.75 Å². The highest BCUT2D eigenvalue weighted by Gasteiger charge is 2.19. The summed E-state index contributed by atoms with van der Waals surface area (Å²) in [5.74, 6) is 0.654. The number of carbonyl (C=O) groups excluding carboxylic acids is 1. The van der Waals surface area contributed by atoms with Crippen molar-refractivity contribution in [1.29, 1.82) is 0 Å². The van der Waals surface area contributed by atoms with E-state index in [1.54, 1.807) is 0 Å². The number of aromatic nitrogens is 1. The molecule has 1 saturated heterocycles. The average molecular weight is 406 g/mol. The third-order valence-electron chi connectivity index (χ3n) is 5.63. The van der Waals surface area contributed by atoms with Gasteiger partial charge in [0.05, 0.1) is 23.8 Å². The van der Waals surface area contributed by atoms with Crippen LogP contribution in [0.4, 0.5) is 0 Å². The number of aromatic amines is 1. The van der Waals surface area contributed by atoms with Crippen molar-refractivity contribution in [1.82, 2.24) is 15.2 Å². The maximum atomic E-state index is 12.6. The summed E-state index contributed by atoms with van der Waals surface area (Å²) >= 11 is 6.44. The van der Waals surface area contributed by atoms with Crippen molar-refractivity contribution in [2.75, 3.05) is 39.5 Å². The van der Waals surface area contributed by atoms with Crippen LogP contribution < -0.4 is 10.1 Å². The van der Waals surface area contributed by atoms with Gasteiger partial charge in [0.25, 0.3) is 5.91 Å². The normalized spacial score (nSPS) is 19.0. The minimum atomic E-state index is -0.0612. The van der Waals surface area contributed by atoms with Gasteiger partial charge in [-0.25, -0.2) is 0 Å². The number of ether oxygens (including phenoxy) is 2. The minimum Gasteiger partial charge on any atom is -0.492 e. The van der Waals surface area contributed by atoms with E-state index >= 15 is 0 Å². The van der Waals surface area contributed by atoms with E-state index in [4.69, 9.17) is 21.1 Å². The van der Waals surface area contributed by atoms with Crippen LogP contribution in [0, 0.1) is 0 Å². The van der Waals surface area contributed by atoms with Crippen LogP contribution in [0.25, 0.3) is 10.9 Å². The van der Waals surface area contributed by atoms with Crippen LogP contribution in [0.1, 0.15) is 42.6 Å². The summed E-state index contributed by atoms with van der Waals surface area (Å²) in [6.07, 6.45) is 5.77. The molecular weight excluding hydrogens is 378 g/mol. The van der Waals surface area contributed by atoms with E-state index in [0.717, 1.165) is 56.6 Å². The molecule has 0 unspecified atom stereocenters. The quantitative estimate of drug-likeness (QED) is 0.770. The molecule has 1 aliphatic carbocycles. The highest BCUT2D eigenvalue weighted by atomic mass is 35.5. The number of benzene rings is 1. The van der Waals surface area contributed by atoms with Crippen molar-refractivity contribution in [3.05, 3.63) is 28.9 Å². The maximum Gasteiger partial charge on any atom is 0.267 e. The molecule has 6 nitrogen and oxygen atoms in total. The number of fused-ring (bicyclic) bond motifs is 1. The van der Waals surface area contributed by atoms with Crippen molar-refractivity contribution in [3.63, 3.8) is 0 Å². The molecule has 0 bridgehead atoms. The van der Waals surface area contributed by atoms with Crippen molar-refractivity contribution in [2.24, 2.45) is 0 Å². The second kappa shape index (κ2) is 9.16. The summed E-state index contributed by atoms with van der Waals surface area (Å²) in [5, 5.41) is 4.57. The van der Waals surface area contributed by atoms with E-state index in [-0.39, 0.29) is 11.9 Å². The average Bonchev–Trinajstić information content (AvgIpc) is 3.15. The number of morpholine rings is 1. The Morgan fingerprint density at radius 1 is 1.21 bits per heavy atom. The number of nitrogens with one attached hydrogen (secondary N) is 2. The highest BCUT2D eigenvalue weighted by molar-refractivity contribution is 6.35. The van der Waals surface area contributed by atoms with Gasteiger partial charge in [-0.15, -0.1) is 0 Å². The number of halogens is 1. The van der Waals surface area contributed by atoms with Crippen molar-refractivity contribution >= 4 is 28.4 Å². The van der Waals surface area contributed by atoms with Gasteiger partial charge >= 0.3 is 0 Å². The third kappa shape index (κ3) is 4.80. The fourth-order valence-electron chi connectivity index (χ4n) is 4.00. The molecule has 1 aromatic heterocycles. The first-order chi connectivity index (χ1) is 13.7. The predicted octanol–water partition coefficient (Wildman–Crippen LogP) is 3.59. The van der Waals surface area contributed by atoms with Crippen LogP contribution in [0.2, 0.25) is 5.02 Å². The molecule has 1 saturated carbocycles. The number of H-pyrrole nitrogens is 1. The lowest BCUT2D eigenvalue weighted by molar-refractivity contribution is 0.0322.